The monoisotopic (exact) mass is 464 g/mol. The summed E-state index contributed by atoms with van der Waals surface area (Å²) in [6.45, 7) is 4.95. The van der Waals surface area contributed by atoms with Gasteiger partial charge in [-0.25, -0.2) is 0 Å². The third kappa shape index (κ3) is 5.78. The van der Waals surface area contributed by atoms with Crippen LogP contribution >= 0.6 is 0 Å². The molecule has 2 N–H and O–H groups in total. The first-order chi connectivity index (χ1) is 16.4. The van der Waals surface area contributed by atoms with Gasteiger partial charge < -0.3 is 14.7 Å². The highest BCUT2D eigenvalue weighted by Crippen LogP contribution is 2.31. The van der Waals surface area contributed by atoms with Gasteiger partial charge in [-0.2, -0.15) is 0 Å². The zero-order valence-electron chi connectivity index (χ0n) is 19.8. The van der Waals surface area contributed by atoms with Gasteiger partial charge in [-0.15, -0.1) is 0 Å². The SMILES string of the molecule is Cc1ccccc1COc1ccc(CC(=O)N2CCCC2=C2CC(CC(C)C(=O)O)ON2)cc1. The number of benzene rings is 2. The number of nitrogens with one attached hydrogen (secondary N) is 1. The van der Waals surface area contributed by atoms with Crippen molar-refractivity contribution in [2.75, 3.05) is 6.54 Å². The van der Waals surface area contributed by atoms with Crippen LogP contribution in [0.2, 0.25) is 0 Å². The lowest BCUT2D eigenvalue weighted by molar-refractivity contribution is -0.142. The molecule has 2 atom stereocenters. The van der Waals surface area contributed by atoms with Crippen LogP contribution in [0.25, 0.3) is 0 Å². The van der Waals surface area contributed by atoms with Crippen molar-refractivity contribution in [1.29, 1.82) is 0 Å². The summed E-state index contributed by atoms with van der Waals surface area (Å²) in [5.74, 6) is -0.467. The molecule has 2 aromatic carbocycles. The maximum absolute atomic E-state index is 13.1. The van der Waals surface area contributed by atoms with Crippen LogP contribution < -0.4 is 10.2 Å². The second-order valence-corrected chi connectivity index (χ2v) is 9.13. The molecule has 2 unspecified atom stereocenters. The first-order valence-corrected chi connectivity index (χ1v) is 11.8. The standard InChI is InChI=1S/C27H32N2O5/c1-18-6-3-4-7-21(18)17-33-22-11-9-20(10-12-22)15-26(30)29-13-5-8-25(29)24-16-23(34-28-24)14-19(2)27(31)32/h3-4,6-7,9-12,19,23,28H,5,8,13-17H2,1-2H3,(H,31,32). The van der Waals surface area contributed by atoms with Crippen LogP contribution in [0.3, 0.4) is 0 Å². The minimum absolute atomic E-state index is 0.0535. The molecule has 180 valence electrons. The van der Waals surface area contributed by atoms with Gasteiger partial charge in [-0.1, -0.05) is 43.3 Å². The van der Waals surface area contributed by atoms with Gasteiger partial charge in [0.05, 0.1) is 24.1 Å². The number of allylic oxidation sites excluding steroid dienone is 1. The molecule has 0 aromatic heterocycles. The Morgan fingerprint density at radius 3 is 2.71 bits per heavy atom. The maximum Gasteiger partial charge on any atom is 0.306 e. The second kappa shape index (κ2) is 10.7. The van der Waals surface area contributed by atoms with E-state index in [0.717, 1.165) is 41.1 Å². The van der Waals surface area contributed by atoms with E-state index >= 15 is 0 Å². The summed E-state index contributed by atoms with van der Waals surface area (Å²) < 4.78 is 5.91. The molecule has 0 saturated carbocycles. The van der Waals surface area contributed by atoms with E-state index in [1.807, 2.05) is 41.3 Å². The number of carbonyl (C=O) groups is 2. The molecule has 2 saturated heterocycles. The minimum Gasteiger partial charge on any atom is -0.489 e. The lowest BCUT2D eigenvalue weighted by Crippen LogP contribution is -2.29. The van der Waals surface area contributed by atoms with Crippen LogP contribution in [0.5, 0.6) is 5.75 Å². The summed E-state index contributed by atoms with van der Waals surface area (Å²) in [5, 5.41) is 9.14. The van der Waals surface area contributed by atoms with Gasteiger partial charge in [0.2, 0.25) is 5.91 Å². The summed E-state index contributed by atoms with van der Waals surface area (Å²) in [6.07, 6.45) is 2.88. The fourth-order valence-corrected chi connectivity index (χ4v) is 4.44. The van der Waals surface area contributed by atoms with Gasteiger partial charge in [0.25, 0.3) is 0 Å². The summed E-state index contributed by atoms with van der Waals surface area (Å²) in [4.78, 5) is 31.6. The molecule has 0 bridgehead atoms. The molecule has 1 amide bonds. The third-order valence-electron chi connectivity index (χ3n) is 6.52. The van der Waals surface area contributed by atoms with Crippen LogP contribution in [0.4, 0.5) is 0 Å². The van der Waals surface area contributed by atoms with Gasteiger partial charge in [0.1, 0.15) is 12.4 Å². The molecule has 0 spiro atoms. The van der Waals surface area contributed by atoms with Crippen LogP contribution in [0.1, 0.15) is 49.3 Å². The Hall–Kier alpha value is -3.32. The number of hydrogen-bond donors (Lipinski definition) is 2. The Morgan fingerprint density at radius 1 is 1.21 bits per heavy atom. The smallest absolute Gasteiger partial charge is 0.306 e. The largest absolute Gasteiger partial charge is 0.489 e. The predicted molar refractivity (Wildman–Crippen MR) is 128 cm³/mol. The highest BCUT2D eigenvalue weighted by molar-refractivity contribution is 5.81. The summed E-state index contributed by atoms with van der Waals surface area (Å²) >= 11 is 0. The summed E-state index contributed by atoms with van der Waals surface area (Å²) in [6, 6.07) is 15.8. The van der Waals surface area contributed by atoms with Crippen LogP contribution in [0.15, 0.2) is 59.9 Å². The molecule has 0 aliphatic carbocycles. The second-order valence-electron chi connectivity index (χ2n) is 9.13. The fourth-order valence-electron chi connectivity index (χ4n) is 4.44. The summed E-state index contributed by atoms with van der Waals surface area (Å²) in [5.41, 5.74) is 8.11. The molecule has 7 heteroatoms. The number of ether oxygens (including phenoxy) is 1. The number of carbonyl (C=O) groups excluding carboxylic acids is 1. The van der Waals surface area contributed by atoms with Crippen LogP contribution in [-0.2, 0) is 27.5 Å². The number of amides is 1. The molecule has 4 rings (SSSR count). The number of nitrogens with zero attached hydrogens (tertiary/aromatic N) is 1. The molecule has 7 nitrogen and oxygen atoms in total. The Kier molecular flexibility index (Phi) is 7.53. The molecule has 0 radical (unpaired) electrons. The van der Waals surface area contributed by atoms with E-state index in [2.05, 4.69) is 24.5 Å². The number of hydrogen-bond acceptors (Lipinski definition) is 5. The minimum atomic E-state index is -0.825. The highest BCUT2D eigenvalue weighted by atomic mass is 16.7. The first-order valence-electron chi connectivity index (χ1n) is 11.8. The molecule has 2 aliphatic rings. The van der Waals surface area contributed by atoms with Gasteiger partial charge in [-0.3, -0.25) is 19.9 Å². The van der Waals surface area contributed by atoms with Gasteiger partial charge in [0, 0.05) is 18.7 Å². The molecule has 2 aliphatic heterocycles. The van der Waals surface area contributed by atoms with Crippen molar-refractivity contribution < 1.29 is 24.3 Å². The van der Waals surface area contributed by atoms with E-state index in [4.69, 9.17) is 14.7 Å². The Morgan fingerprint density at radius 2 is 1.97 bits per heavy atom. The number of aliphatic carboxylic acids is 1. The van der Waals surface area contributed by atoms with E-state index in [0.29, 0.717) is 32.4 Å². The maximum atomic E-state index is 13.1. The van der Waals surface area contributed by atoms with Gasteiger partial charge >= 0.3 is 5.97 Å². The molecular formula is C27H32N2O5. The zero-order chi connectivity index (χ0) is 24.1. The number of carboxylic acids is 1. The normalized spacial score (nSPS) is 20.8. The zero-order valence-corrected chi connectivity index (χ0v) is 19.8. The lowest BCUT2D eigenvalue weighted by Gasteiger charge is -2.20. The van der Waals surface area contributed by atoms with Crippen molar-refractivity contribution in [1.82, 2.24) is 10.4 Å². The predicted octanol–water partition coefficient (Wildman–Crippen LogP) is 4.35. The number of hydroxylamine groups is 1. The van der Waals surface area contributed by atoms with Crippen LogP contribution in [-0.4, -0.2) is 34.5 Å². The highest BCUT2D eigenvalue weighted by Gasteiger charge is 2.32. The van der Waals surface area contributed by atoms with E-state index in [1.54, 1.807) is 6.92 Å². The fraction of sp³-hybridized carbons (Fsp3) is 0.407. The number of aryl methyl sites for hydroxylation is 1. The van der Waals surface area contributed by atoms with Crippen LogP contribution in [0, 0.1) is 12.8 Å². The number of carboxylic acid groups (broad SMARTS) is 1. The lowest BCUT2D eigenvalue weighted by atomic mass is 10.0. The quantitative estimate of drug-likeness (QED) is 0.604. The van der Waals surface area contributed by atoms with Crippen molar-refractivity contribution in [2.24, 2.45) is 5.92 Å². The van der Waals surface area contributed by atoms with Gasteiger partial charge in [-0.05, 0) is 55.0 Å². The molecule has 34 heavy (non-hydrogen) atoms. The topological polar surface area (TPSA) is 88.1 Å². The van der Waals surface area contributed by atoms with Crippen molar-refractivity contribution in [3.05, 3.63) is 76.6 Å². The number of rotatable bonds is 8. The van der Waals surface area contributed by atoms with Crippen molar-refractivity contribution in [3.63, 3.8) is 0 Å². The average Bonchev–Trinajstić information content (AvgIpc) is 3.49. The van der Waals surface area contributed by atoms with E-state index in [9.17, 15) is 9.59 Å². The molecule has 2 heterocycles. The molecule has 2 aromatic rings. The Balaban J connectivity index is 1.33. The number of likely N-dealkylation sites (tertiary alicyclic amines) is 1. The molecular weight excluding hydrogens is 432 g/mol. The van der Waals surface area contributed by atoms with E-state index in [-0.39, 0.29) is 12.0 Å². The van der Waals surface area contributed by atoms with E-state index < -0.39 is 11.9 Å². The first kappa shape index (κ1) is 23.8. The summed E-state index contributed by atoms with van der Waals surface area (Å²) in [7, 11) is 0. The average molecular weight is 465 g/mol. The van der Waals surface area contributed by atoms with Crippen molar-refractivity contribution >= 4 is 11.9 Å². The Labute approximate surface area is 200 Å². The van der Waals surface area contributed by atoms with Gasteiger partial charge in [0.15, 0.2) is 0 Å². The molecule has 2 fully saturated rings. The van der Waals surface area contributed by atoms with E-state index in [1.165, 1.54) is 5.56 Å². The van der Waals surface area contributed by atoms with Crippen molar-refractivity contribution in [2.45, 2.75) is 58.7 Å². The van der Waals surface area contributed by atoms with Crippen molar-refractivity contribution in [3.8, 4) is 5.75 Å². The Bertz CT molecular complexity index is 1060. The third-order valence-corrected chi connectivity index (χ3v) is 6.52.